The van der Waals surface area contributed by atoms with Crippen LogP contribution in [0, 0.1) is 0 Å². The summed E-state index contributed by atoms with van der Waals surface area (Å²) >= 11 is 0. The lowest BCUT2D eigenvalue weighted by Crippen LogP contribution is -2.12. The zero-order valence-corrected chi connectivity index (χ0v) is 48.0. The van der Waals surface area contributed by atoms with E-state index < -0.39 is 0 Å². The number of rotatable bonds is 12. The second kappa shape index (κ2) is 19.1. The van der Waals surface area contributed by atoms with Gasteiger partial charge in [0.25, 0.3) is 0 Å². The Kier molecular flexibility index (Phi) is 11.6. The fourth-order valence-corrected chi connectivity index (χ4v) is 13.6. The van der Waals surface area contributed by atoms with E-state index in [1.807, 2.05) is 0 Å². The largest absolute Gasteiger partial charge is 0.309 e. The molecule has 4 heteroatoms. The first kappa shape index (κ1) is 49.6. The third-order valence-corrected chi connectivity index (χ3v) is 17.9. The molecular formula is C78H66N4. The van der Waals surface area contributed by atoms with Crippen molar-refractivity contribution in [2.75, 3.05) is 9.80 Å². The number of aromatic nitrogens is 2. The van der Waals surface area contributed by atoms with Gasteiger partial charge >= 0.3 is 0 Å². The van der Waals surface area contributed by atoms with Crippen LogP contribution in [-0.4, -0.2) is 8.80 Å². The number of anilines is 6. The minimum absolute atomic E-state index is 0.368. The standard InChI is InChI=1S/C78H66N4/c1-47(2)53-25-19-27-57(41-53)79(69-37-33-55(49(5)6)43-63(69)51-21-11-9-12-22-51)71-39-35-59-65-45-74-66(46-73(65)81-67-31-17-15-29-61(67)75(71)77(59)81)60-36-40-72(76-62-30-16-18-32-68(62)82(74)78(60)76)80(58-28-20-26-54(42-58)48(3)4)70-38-34-56(50(7)8)44-64(70)52-23-13-10-14-24-52/h9-50H,1-8H3. The monoisotopic (exact) mass is 1060 g/mol. The molecule has 11 aromatic carbocycles. The van der Waals surface area contributed by atoms with E-state index in [1.165, 1.54) is 121 Å². The van der Waals surface area contributed by atoms with Crippen LogP contribution in [0.25, 0.3) is 98.4 Å². The fraction of sp³-hybridized carbons (Fsp3) is 0.154. The molecule has 0 fully saturated rings. The van der Waals surface area contributed by atoms with Crippen LogP contribution in [0.4, 0.5) is 34.1 Å². The number of benzene rings is 11. The maximum absolute atomic E-state index is 2.58. The second-order valence-corrected chi connectivity index (χ2v) is 24.1. The average Bonchev–Trinajstić information content (AvgIpc) is 1.86. The van der Waals surface area contributed by atoms with Crippen LogP contribution in [0.15, 0.2) is 231 Å². The van der Waals surface area contributed by atoms with Gasteiger partial charge in [0.1, 0.15) is 0 Å². The van der Waals surface area contributed by atoms with E-state index >= 15 is 0 Å². The number of hydrogen-bond acceptors (Lipinski definition) is 2. The summed E-state index contributed by atoms with van der Waals surface area (Å²) in [6, 6.07) is 87.5. The molecule has 4 nitrogen and oxygen atoms in total. The molecule has 0 bridgehead atoms. The smallest absolute Gasteiger partial charge is 0.0641 e. The van der Waals surface area contributed by atoms with E-state index in [2.05, 4.69) is 305 Å². The Morgan fingerprint density at radius 2 is 0.634 bits per heavy atom. The van der Waals surface area contributed by atoms with Crippen LogP contribution in [0.3, 0.4) is 0 Å². The van der Waals surface area contributed by atoms with Gasteiger partial charge in [-0.15, -0.1) is 0 Å². The van der Waals surface area contributed by atoms with Gasteiger partial charge in [-0.25, -0.2) is 0 Å². The van der Waals surface area contributed by atoms with Crippen LogP contribution >= 0.6 is 0 Å². The second-order valence-electron chi connectivity index (χ2n) is 24.1. The summed E-state index contributed by atoms with van der Waals surface area (Å²) < 4.78 is 5.16. The molecule has 0 aliphatic heterocycles. The molecule has 0 spiro atoms. The molecule has 0 saturated carbocycles. The summed E-state index contributed by atoms with van der Waals surface area (Å²) in [5.41, 5.74) is 24.4. The van der Waals surface area contributed by atoms with Crippen LogP contribution in [0.1, 0.15) is 101 Å². The zero-order valence-electron chi connectivity index (χ0n) is 48.0. The van der Waals surface area contributed by atoms with Crippen LogP contribution in [-0.2, 0) is 0 Å². The molecule has 4 aromatic heterocycles. The average molecular weight is 1060 g/mol. The van der Waals surface area contributed by atoms with Gasteiger partial charge in [0, 0.05) is 65.6 Å². The number of para-hydroxylation sites is 2. The molecule has 15 rings (SSSR count). The normalized spacial score (nSPS) is 12.3. The number of hydrogen-bond donors (Lipinski definition) is 0. The van der Waals surface area contributed by atoms with Gasteiger partial charge < -0.3 is 18.6 Å². The molecule has 0 aliphatic carbocycles. The summed E-state index contributed by atoms with van der Waals surface area (Å²) in [6.45, 7) is 18.4. The fourth-order valence-electron chi connectivity index (χ4n) is 13.6. The highest BCUT2D eigenvalue weighted by molar-refractivity contribution is 6.32. The first-order valence-corrected chi connectivity index (χ1v) is 29.5. The Balaban J connectivity index is 1.01. The SMILES string of the molecule is CC(C)c1cccc(N(c2ccc(C(C)C)cc2-c2ccccc2)c2ccc3c4cc5c(cc4n4c6ccccc6c2c34)c2ccc(N(c3cccc(C(C)C)c3)c3ccc(C(C)C)cc3-c3ccccc3)c3c4ccccc4n5c23)c1. The Morgan fingerprint density at radius 1 is 0.268 bits per heavy atom. The van der Waals surface area contributed by atoms with E-state index in [0.29, 0.717) is 23.7 Å². The quantitative estimate of drug-likeness (QED) is 0.121. The van der Waals surface area contributed by atoms with Crippen LogP contribution in [0.5, 0.6) is 0 Å². The maximum Gasteiger partial charge on any atom is 0.0641 e. The first-order chi connectivity index (χ1) is 40.0. The van der Waals surface area contributed by atoms with Gasteiger partial charge in [0.15, 0.2) is 0 Å². The first-order valence-electron chi connectivity index (χ1n) is 29.5. The van der Waals surface area contributed by atoms with E-state index in [1.54, 1.807) is 0 Å². The van der Waals surface area contributed by atoms with E-state index in [-0.39, 0.29) is 0 Å². The van der Waals surface area contributed by atoms with Gasteiger partial charge in [-0.1, -0.05) is 201 Å². The van der Waals surface area contributed by atoms with Gasteiger partial charge in [-0.2, -0.15) is 0 Å². The summed E-state index contributed by atoms with van der Waals surface area (Å²) in [4.78, 5) is 5.11. The van der Waals surface area contributed by atoms with Gasteiger partial charge in [-0.05, 0) is 142 Å². The summed E-state index contributed by atoms with van der Waals surface area (Å²) in [6.07, 6.45) is 0. The van der Waals surface area contributed by atoms with E-state index in [9.17, 15) is 0 Å². The molecule has 398 valence electrons. The predicted octanol–water partition coefficient (Wildman–Crippen LogP) is 22.8. The van der Waals surface area contributed by atoms with E-state index in [4.69, 9.17) is 0 Å². The van der Waals surface area contributed by atoms with Gasteiger partial charge in [-0.3, -0.25) is 0 Å². The summed E-state index contributed by atoms with van der Waals surface area (Å²) in [5.74, 6) is 1.49. The molecule has 0 N–H and O–H groups in total. The number of nitrogens with zero attached hydrogens (tertiary/aromatic N) is 4. The third kappa shape index (κ3) is 7.57. The van der Waals surface area contributed by atoms with Crippen molar-refractivity contribution in [3.05, 3.63) is 253 Å². The minimum Gasteiger partial charge on any atom is -0.309 e. The maximum atomic E-state index is 2.58. The molecule has 15 aromatic rings. The predicted molar refractivity (Wildman–Crippen MR) is 352 cm³/mol. The Morgan fingerprint density at radius 3 is 1.04 bits per heavy atom. The lowest BCUT2D eigenvalue weighted by molar-refractivity contribution is 0.865. The minimum atomic E-state index is 0.368. The van der Waals surface area contributed by atoms with Crippen molar-refractivity contribution in [2.45, 2.75) is 79.1 Å². The van der Waals surface area contributed by atoms with Crippen molar-refractivity contribution in [1.29, 1.82) is 0 Å². The molecular weight excluding hydrogens is 993 g/mol. The van der Waals surface area contributed by atoms with Gasteiger partial charge in [0.05, 0.1) is 55.8 Å². The number of fused-ring (bicyclic) bond motifs is 12. The zero-order chi connectivity index (χ0) is 55.7. The van der Waals surface area contributed by atoms with Crippen LogP contribution < -0.4 is 9.80 Å². The lowest BCUT2D eigenvalue weighted by atomic mass is 9.94. The highest BCUT2D eigenvalue weighted by atomic mass is 15.2. The van der Waals surface area contributed by atoms with Crippen molar-refractivity contribution >= 4 is 110 Å². The lowest BCUT2D eigenvalue weighted by Gasteiger charge is -2.30. The van der Waals surface area contributed by atoms with Crippen molar-refractivity contribution in [1.82, 2.24) is 8.80 Å². The van der Waals surface area contributed by atoms with Crippen molar-refractivity contribution in [2.24, 2.45) is 0 Å². The van der Waals surface area contributed by atoms with Gasteiger partial charge in [0.2, 0.25) is 0 Å². The topological polar surface area (TPSA) is 15.3 Å². The molecule has 0 atom stereocenters. The highest BCUT2D eigenvalue weighted by Gasteiger charge is 2.30. The molecule has 4 heterocycles. The third-order valence-electron chi connectivity index (χ3n) is 17.9. The molecule has 82 heavy (non-hydrogen) atoms. The van der Waals surface area contributed by atoms with Crippen molar-refractivity contribution in [3.63, 3.8) is 0 Å². The van der Waals surface area contributed by atoms with Crippen molar-refractivity contribution in [3.8, 4) is 22.3 Å². The highest BCUT2D eigenvalue weighted by Crippen LogP contribution is 2.53. The Bertz CT molecular complexity index is 4620. The molecule has 0 saturated heterocycles. The molecule has 0 aliphatic rings. The van der Waals surface area contributed by atoms with E-state index in [0.717, 1.165) is 34.1 Å². The Hall–Kier alpha value is -9.38. The molecule has 0 radical (unpaired) electrons. The Labute approximate surface area is 480 Å². The molecule has 0 amide bonds. The summed E-state index contributed by atoms with van der Waals surface area (Å²) in [5, 5.41) is 9.99. The molecule has 0 unspecified atom stereocenters. The van der Waals surface area contributed by atoms with Crippen molar-refractivity contribution < 1.29 is 0 Å². The summed E-state index contributed by atoms with van der Waals surface area (Å²) in [7, 11) is 0. The van der Waals surface area contributed by atoms with Crippen LogP contribution in [0.2, 0.25) is 0 Å².